The summed E-state index contributed by atoms with van der Waals surface area (Å²) in [6.07, 6.45) is -0.00969. The molecule has 1 aromatic carbocycles. The van der Waals surface area contributed by atoms with Crippen LogP contribution < -0.4 is 10.4 Å². The predicted octanol–water partition coefficient (Wildman–Crippen LogP) is 0.381. The normalized spacial score (nSPS) is 20.7. The first-order valence-corrected chi connectivity index (χ1v) is 4.55. The van der Waals surface area contributed by atoms with Gasteiger partial charge in [0.05, 0.1) is 12.1 Å². The highest BCUT2D eigenvalue weighted by atomic mass is 16.4. The number of hydrazine groups is 1. The maximum atomic E-state index is 11.5. The molecule has 0 spiro atoms. The van der Waals surface area contributed by atoms with E-state index in [1.807, 2.05) is 6.07 Å². The second kappa shape index (κ2) is 3.70. The first-order valence-electron chi connectivity index (χ1n) is 4.55. The van der Waals surface area contributed by atoms with Crippen molar-refractivity contribution in [3.63, 3.8) is 0 Å². The van der Waals surface area contributed by atoms with Crippen LogP contribution in [-0.2, 0) is 9.59 Å². The molecule has 1 saturated heterocycles. The van der Waals surface area contributed by atoms with E-state index in [4.69, 9.17) is 5.11 Å². The van der Waals surface area contributed by atoms with Gasteiger partial charge in [-0.05, 0) is 12.1 Å². The molecule has 1 aromatic rings. The summed E-state index contributed by atoms with van der Waals surface area (Å²) in [6.45, 7) is 0. The molecule has 2 rings (SSSR count). The Morgan fingerprint density at radius 1 is 1.40 bits per heavy atom. The van der Waals surface area contributed by atoms with Crippen LogP contribution in [0.5, 0.6) is 0 Å². The predicted molar refractivity (Wildman–Crippen MR) is 53.1 cm³/mol. The van der Waals surface area contributed by atoms with Gasteiger partial charge in [-0.1, -0.05) is 18.2 Å². The Morgan fingerprint density at radius 2 is 2.07 bits per heavy atom. The lowest BCUT2D eigenvalue weighted by Gasteiger charge is -2.16. The first kappa shape index (κ1) is 9.67. The number of nitrogens with one attached hydrogen (secondary N) is 1. The molecule has 1 fully saturated rings. The number of aliphatic carboxylic acids is 1. The summed E-state index contributed by atoms with van der Waals surface area (Å²) in [7, 11) is 0. The summed E-state index contributed by atoms with van der Waals surface area (Å²) in [5, 5.41) is 10.0. The van der Waals surface area contributed by atoms with Crippen molar-refractivity contribution in [3.05, 3.63) is 30.3 Å². The molecular formula is C10H10N2O3. The molecule has 0 radical (unpaired) electrons. The average molecular weight is 206 g/mol. The van der Waals surface area contributed by atoms with Gasteiger partial charge in [-0.3, -0.25) is 9.59 Å². The van der Waals surface area contributed by atoms with Crippen LogP contribution in [0.4, 0.5) is 5.69 Å². The van der Waals surface area contributed by atoms with Crippen molar-refractivity contribution in [1.82, 2.24) is 5.43 Å². The minimum absolute atomic E-state index is 0.00969. The molecular weight excluding hydrogens is 196 g/mol. The molecule has 15 heavy (non-hydrogen) atoms. The number of benzene rings is 1. The summed E-state index contributed by atoms with van der Waals surface area (Å²) in [6, 6.07) is 8.08. The Labute approximate surface area is 86.3 Å². The Hall–Kier alpha value is -1.88. The monoisotopic (exact) mass is 206 g/mol. The third-order valence-corrected chi connectivity index (χ3v) is 2.23. The molecule has 78 valence electrons. The summed E-state index contributed by atoms with van der Waals surface area (Å²) in [5.74, 6) is -1.24. The molecule has 0 bridgehead atoms. The van der Waals surface area contributed by atoms with E-state index in [9.17, 15) is 9.59 Å². The quantitative estimate of drug-likeness (QED) is 0.734. The number of carboxylic acids is 1. The van der Waals surface area contributed by atoms with Gasteiger partial charge in [0.15, 0.2) is 0 Å². The van der Waals surface area contributed by atoms with Gasteiger partial charge in [0.25, 0.3) is 0 Å². The standard InChI is InChI=1S/C10H10N2O3/c13-9-6-8(10(14)15)11-12(9)7-4-2-1-3-5-7/h1-5,8,11H,6H2,(H,14,15)/t8-/m0/s1. The molecule has 1 heterocycles. The lowest BCUT2D eigenvalue weighted by atomic mass is 10.2. The smallest absolute Gasteiger partial charge is 0.323 e. The van der Waals surface area contributed by atoms with Crippen LogP contribution in [-0.4, -0.2) is 23.0 Å². The van der Waals surface area contributed by atoms with Gasteiger partial charge >= 0.3 is 5.97 Å². The fraction of sp³-hybridized carbons (Fsp3) is 0.200. The maximum Gasteiger partial charge on any atom is 0.323 e. The maximum absolute atomic E-state index is 11.5. The lowest BCUT2D eigenvalue weighted by molar-refractivity contribution is -0.139. The van der Waals surface area contributed by atoms with Gasteiger partial charge in [-0.2, -0.15) is 0 Å². The van der Waals surface area contributed by atoms with Crippen molar-refractivity contribution in [1.29, 1.82) is 0 Å². The minimum Gasteiger partial charge on any atom is -0.480 e. The van der Waals surface area contributed by atoms with E-state index in [2.05, 4.69) is 5.43 Å². The van der Waals surface area contributed by atoms with Crippen LogP contribution >= 0.6 is 0 Å². The van der Waals surface area contributed by atoms with Crippen LogP contribution in [0.25, 0.3) is 0 Å². The molecule has 2 N–H and O–H groups in total. The van der Waals surface area contributed by atoms with Crippen molar-refractivity contribution < 1.29 is 14.7 Å². The second-order valence-electron chi connectivity index (χ2n) is 3.29. The van der Waals surface area contributed by atoms with Crippen LogP contribution in [0, 0.1) is 0 Å². The molecule has 0 unspecified atom stereocenters. The van der Waals surface area contributed by atoms with Gasteiger partial charge in [-0.25, -0.2) is 10.4 Å². The van der Waals surface area contributed by atoms with Crippen LogP contribution in [0.2, 0.25) is 0 Å². The van der Waals surface area contributed by atoms with E-state index in [1.54, 1.807) is 24.3 Å². The Balaban J connectivity index is 2.19. The average Bonchev–Trinajstić information content (AvgIpc) is 2.62. The van der Waals surface area contributed by atoms with Gasteiger partial charge < -0.3 is 5.11 Å². The second-order valence-corrected chi connectivity index (χ2v) is 3.29. The van der Waals surface area contributed by atoms with E-state index in [0.717, 1.165) is 0 Å². The Kier molecular flexibility index (Phi) is 2.39. The zero-order chi connectivity index (χ0) is 10.8. The van der Waals surface area contributed by atoms with E-state index < -0.39 is 12.0 Å². The summed E-state index contributed by atoms with van der Waals surface area (Å²) >= 11 is 0. The highest BCUT2D eigenvalue weighted by molar-refractivity contribution is 5.98. The van der Waals surface area contributed by atoms with Crippen LogP contribution in [0.15, 0.2) is 30.3 Å². The minimum atomic E-state index is -1.01. The molecule has 1 aliphatic heterocycles. The number of amides is 1. The van der Waals surface area contributed by atoms with Crippen LogP contribution in [0.1, 0.15) is 6.42 Å². The number of anilines is 1. The fourth-order valence-corrected chi connectivity index (χ4v) is 1.48. The molecule has 1 amide bonds. The van der Waals surface area contributed by atoms with Crippen molar-refractivity contribution in [2.75, 3.05) is 5.01 Å². The zero-order valence-electron chi connectivity index (χ0n) is 7.88. The van der Waals surface area contributed by atoms with Crippen molar-refractivity contribution >= 4 is 17.6 Å². The van der Waals surface area contributed by atoms with Crippen molar-refractivity contribution in [3.8, 4) is 0 Å². The van der Waals surface area contributed by atoms with E-state index in [0.29, 0.717) is 5.69 Å². The highest BCUT2D eigenvalue weighted by Crippen LogP contribution is 2.18. The van der Waals surface area contributed by atoms with Gasteiger partial charge in [0, 0.05) is 0 Å². The number of carbonyl (C=O) groups is 2. The van der Waals surface area contributed by atoms with Gasteiger partial charge in [0.1, 0.15) is 6.04 Å². The Morgan fingerprint density at radius 3 is 2.60 bits per heavy atom. The first-order chi connectivity index (χ1) is 7.18. The summed E-state index contributed by atoms with van der Waals surface area (Å²) in [4.78, 5) is 22.2. The molecule has 0 aromatic heterocycles. The SMILES string of the molecule is O=C(O)[C@@H]1CC(=O)N(c2ccccc2)N1. The van der Waals surface area contributed by atoms with Crippen molar-refractivity contribution in [2.24, 2.45) is 0 Å². The number of nitrogens with zero attached hydrogens (tertiary/aromatic N) is 1. The topological polar surface area (TPSA) is 69.6 Å². The molecule has 0 aliphatic carbocycles. The third-order valence-electron chi connectivity index (χ3n) is 2.23. The molecule has 1 aliphatic rings. The Bertz CT molecular complexity index is 391. The highest BCUT2D eigenvalue weighted by Gasteiger charge is 2.34. The summed E-state index contributed by atoms with van der Waals surface area (Å²) in [5.41, 5.74) is 3.30. The molecule has 0 saturated carbocycles. The molecule has 5 nitrogen and oxygen atoms in total. The van der Waals surface area contributed by atoms with E-state index in [1.165, 1.54) is 5.01 Å². The zero-order valence-corrected chi connectivity index (χ0v) is 7.88. The number of rotatable bonds is 2. The number of hydrogen-bond donors (Lipinski definition) is 2. The number of hydrogen-bond acceptors (Lipinski definition) is 3. The van der Waals surface area contributed by atoms with Crippen LogP contribution in [0.3, 0.4) is 0 Å². The van der Waals surface area contributed by atoms with Gasteiger partial charge in [0.2, 0.25) is 5.91 Å². The van der Waals surface area contributed by atoms with E-state index >= 15 is 0 Å². The number of carbonyl (C=O) groups excluding carboxylic acids is 1. The van der Waals surface area contributed by atoms with Crippen molar-refractivity contribution in [2.45, 2.75) is 12.5 Å². The fourth-order valence-electron chi connectivity index (χ4n) is 1.48. The van der Waals surface area contributed by atoms with Gasteiger partial charge in [-0.15, -0.1) is 0 Å². The number of para-hydroxylation sites is 1. The third kappa shape index (κ3) is 1.82. The largest absolute Gasteiger partial charge is 0.480 e. The molecule has 5 heteroatoms. The van der Waals surface area contributed by atoms with E-state index in [-0.39, 0.29) is 12.3 Å². The summed E-state index contributed by atoms with van der Waals surface area (Å²) < 4.78 is 0. The molecule has 1 atom stereocenters. The lowest BCUT2D eigenvalue weighted by Crippen LogP contribution is -2.40. The number of carboxylic acid groups (broad SMARTS) is 1.